The van der Waals surface area contributed by atoms with Gasteiger partial charge in [-0.15, -0.1) is 0 Å². The van der Waals surface area contributed by atoms with E-state index >= 15 is 0 Å². The van der Waals surface area contributed by atoms with Gasteiger partial charge in [0.25, 0.3) is 5.91 Å². The molecule has 0 saturated carbocycles. The topological polar surface area (TPSA) is 49.3 Å². The number of benzene rings is 1. The quantitative estimate of drug-likeness (QED) is 0.801. The summed E-state index contributed by atoms with van der Waals surface area (Å²) in [6, 6.07) is 1.57. The minimum atomic E-state index is -4.64. The van der Waals surface area contributed by atoms with Gasteiger partial charge in [-0.25, -0.2) is 4.39 Å². The van der Waals surface area contributed by atoms with Gasteiger partial charge in [0.15, 0.2) is 0 Å². The summed E-state index contributed by atoms with van der Waals surface area (Å²) in [5.74, 6) is -2.05. The van der Waals surface area contributed by atoms with Crippen LogP contribution in [-0.2, 0) is 6.18 Å². The second-order valence-corrected chi connectivity index (χ2v) is 3.17. The molecule has 94 valence electrons. The fourth-order valence-electron chi connectivity index (χ4n) is 1.14. The molecule has 0 unspecified atom stereocenters. The van der Waals surface area contributed by atoms with Gasteiger partial charge in [-0.3, -0.25) is 4.79 Å². The summed E-state index contributed by atoms with van der Waals surface area (Å²) < 4.78 is 50.1. The van der Waals surface area contributed by atoms with E-state index in [4.69, 9.17) is 5.11 Å². The van der Waals surface area contributed by atoms with E-state index in [1.54, 1.807) is 0 Å². The van der Waals surface area contributed by atoms with Crippen molar-refractivity contribution in [2.45, 2.75) is 6.18 Å². The average Bonchev–Trinajstić information content (AvgIpc) is 2.24. The lowest BCUT2D eigenvalue weighted by atomic mass is 10.1. The Hall–Kier alpha value is -1.63. The molecule has 17 heavy (non-hydrogen) atoms. The Balaban J connectivity index is 3.02. The number of carbonyl (C=O) groups excluding carboxylic acids is 1. The molecule has 0 bridgehead atoms. The molecule has 0 aliphatic carbocycles. The first-order chi connectivity index (χ1) is 7.86. The minimum Gasteiger partial charge on any atom is -0.395 e. The van der Waals surface area contributed by atoms with Gasteiger partial charge in [0.2, 0.25) is 0 Å². The van der Waals surface area contributed by atoms with Crippen LogP contribution in [0.15, 0.2) is 18.2 Å². The van der Waals surface area contributed by atoms with Crippen molar-refractivity contribution in [3.05, 3.63) is 35.1 Å². The van der Waals surface area contributed by atoms with Crippen LogP contribution in [-0.4, -0.2) is 24.2 Å². The number of hydrogen-bond acceptors (Lipinski definition) is 2. The van der Waals surface area contributed by atoms with Gasteiger partial charge < -0.3 is 10.4 Å². The molecule has 0 saturated heterocycles. The number of amides is 1. The third kappa shape index (κ3) is 3.42. The second kappa shape index (κ2) is 5.13. The van der Waals surface area contributed by atoms with E-state index in [0.29, 0.717) is 18.2 Å². The molecular formula is C10H9F4NO2. The van der Waals surface area contributed by atoms with E-state index in [0.717, 1.165) is 0 Å². The summed E-state index contributed by atoms with van der Waals surface area (Å²) in [5.41, 5.74) is -1.80. The Bertz CT molecular complexity index is 417. The largest absolute Gasteiger partial charge is 0.416 e. The Morgan fingerprint density at radius 2 is 2.00 bits per heavy atom. The van der Waals surface area contributed by atoms with Crippen LogP contribution in [0.25, 0.3) is 0 Å². The summed E-state index contributed by atoms with van der Waals surface area (Å²) in [5, 5.41) is 10.5. The van der Waals surface area contributed by atoms with Crippen molar-refractivity contribution in [3.8, 4) is 0 Å². The summed E-state index contributed by atoms with van der Waals surface area (Å²) in [6.45, 7) is -0.541. The Labute approximate surface area is 94.1 Å². The smallest absolute Gasteiger partial charge is 0.395 e. The highest BCUT2D eigenvalue weighted by atomic mass is 19.4. The number of carbonyl (C=O) groups is 1. The maximum absolute atomic E-state index is 13.1. The maximum Gasteiger partial charge on any atom is 0.416 e. The number of aliphatic hydroxyl groups is 1. The van der Waals surface area contributed by atoms with Gasteiger partial charge in [0.1, 0.15) is 5.82 Å². The van der Waals surface area contributed by atoms with Gasteiger partial charge in [-0.1, -0.05) is 0 Å². The Morgan fingerprint density at radius 3 is 2.53 bits per heavy atom. The average molecular weight is 251 g/mol. The molecule has 0 spiro atoms. The molecule has 0 atom stereocenters. The number of hydrogen-bond donors (Lipinski definition) is 2. The molecule has 1 aromatic carbocycles. The molecule has 1 amide bonds. The summed E-state index contributed by atoms with van der Waals surface area (Å²) in [4.78, 5) is 11.3. The first-order valence-corrected chi connectivity index (χ1v) is 4.62. The van der Waals surface area contributed by atoms with Gasteiger partial charge in [-0.05, 0) is 18.2 Å². The van der Waals surface area contributed by atoms with Crippen LogP contribution in [0, 0.1) is 5.82 Å². The molecule has 2 N–H and O–H groups in total. The molecular weight excluding hydrogens is 242 g/mol. The van der Waals surface area contributed by atoms with Crippen molar-refractivity contribution < 1.29 is 27.5 Å². The molecule has 0 heterocycles. The van der Waals surface area contributed by atoms with E-state index < -0.39 is 29.0 Å². The first kappa shape index (κ1) is 13.4. The second-order valence-electron chi connectivity index (χ2n) is 3.17. The van der Waals surface area contributed by atoms with Crippen molar-refractivity contribution in [3.63, 3.8) is 0 Å². The zero-order valence-electron chi connectivity index (χ0n) is 8.51. The van der Waals surface area contributed by atoms with Crippen molar-refractivity contribution in [2.24, 2.45) is 0 Å². The number of rotatable bonds is 3. The summed E-state index contributed by atoms with van der Waals surface area (Å²) >= 11 is 0. The summed E-state index contributed by atoms with van der Waals surface area (Å²) in [7, 11) is 0. The van der Waals surface area contributed by atoms with Crippen molar-refractivity contribution in [2.75, 3.05) is 13.2 Å². The fraction of sp³-hybridized carbons (Fsp3) is 0.300. The van der Waals surface area contributed by atoms with E-state index in [1.807, 2.05) is 0 Å². The van der Waals surface area contributed by atoms with Crippen LogP contribution in [0.4, 0.5) is 17.6 Å². The highest BCUT2D eigenvalue weighted by Crippen LogP contribution is 2.30. The number of nitrogens with one attached hydrogen (secondary N) is 1. The van der Waals surface area contributed by atoms with E-state index in [-0.39, 0.29) is 13.2 Å². The zero-order chi connectivity index (χ0) is 13.1. The standard InChI is InChI=1S/C10H9F4NO2/c11-8-2-1-6(10(12,13)14)5-7(8)9(17)15-3-4-16/h1-2,5,16H,3-4H2,(H,15,17). The molecule has 0 fully saturated rings. The number of halogens is 4. The first-order valence-electron chi connectivity index (χ1n) is 4.62. The number of alkyl halides is 3. The predicted molar refractivity (Wildman–Crippen MR) is 50.8 cm³/mol. The fourth-order valence-corrected chi connectivity index (χ4v) is 1.14. The Kier molecular flexibility index (Phi) is 4.06. The lowest BCUT2D eigenvalue weighted by Crippen LogP contribution is -2.27. The molecule has 0 aromatic heterocycles. The van der Waals surface area contributed by atoms with Crippen molar-refractivity contribution in [1.82, 2.24) is 5.32 Å². The molecule has 0 aliphatic rings. The molecule has 0 aliphatic heterocycles. The van der Waals surface area contributed by atoms with Gasteiger partial charge in [0.05, 0.1) is 17.7 Å². The minimum absolute atomic E-state index is 0.158. The SMILES string of the molecule is O=C(NCCO)c1cc(C(F)(F)F)ccc1F. The van der Waals surface area contributed by atoms with Crippen LogP contribution in [0.3, 0.4) is 0 Å². The lowest BCUT2D eigenvalue weighted by Gasteiger charge is -2.09. The van der Waals surface area contributed by atoms with Crippen LogP contribution in [0.1, 0.15) is 15.9 Å². The zero-order valence-corrected chi connectivity index (χ0v) is 8.51. The third-order valence-corrected chi connectivity index (χ3v) is 1.94. The van der Waals surface area contributed by atoms with Crippen LogP contribution >= 0.6 is 0 Å². The Morgan fingerprint density at radius 1 is 1.35 bits per heavy atom. The lowest BCUT2D eigenvalue weighted by molar-refractivity contribution is -0.137. The van der Waals surface area contributed by atoms with Gasteiger partial charge in [0, 0.05) is 6.54 Å². The monoisotopic (exact) mass is 251 g/mol. The van der Waals surface area contributed by atoms with E-state index in [1.165, 1.54) is 0 Å². The van der Waals surface area contributed by atoms with Crippen LogP contribution in [0.2, 0.25) is 0 Å². The van der Waals surface area contributed by atoms with Crippen LogP contribution in [0.5, 0.6) is 0 Å². The third-order valence-electron chi connectivity index (χ3n) is 1.94. The van der Waals surface area contributed by atoms with E-state index in [2.05, 4.69) is 5.32 Å². The highest BCUT2D eigenvalue weighted by Gasteiger charge is 2.31. The van der Waals surface area contributed by atoms with E-state index in [9.17, 15) is 22.4 Å². The van der Waals surface area contributed by atoms with Gasteiger partial charge >= 0.3 is 6.18 Å². The predicted octanol–water partition coefficient (Wildman–Crippen LogP) is 1.57. The summed E-state index contributed by atoms with van der Waals surface area (Å²) in [6.07, 6.45) is -4.64. The normalized spacial score (nSPS) is 11.4. The molecule has 1 aromatic rings. The highest BCUT2D eigenvalue weighted by molar-refractivity contribution is 5.94. The van der Waals surface area contributed by atoms with Crippen molar-refractivity contribution in [1.29, 1.82) is 0 Å². The maximum atomic E-state index is 13.1. The molecule has 1 rings (SSSR count). The van der Waals surface area contributed by atoms with Crippen LogP contribution < -0.4 is 5.32 Å². The molecule has 7 heteroatoms. The molecule has 3 nitrogen and oxygen atoms in total. The number of aliphatic hydroxyl groups excluding tert-OH is 1. The van der Waals surface area contributed by atoms with Crippen molar-refractivity contribution >= 4 is 5.91 Å². The van der Waals surface area contributed by atoms with Gasteiger partial charge in [-0.2, -0.15) is 13.2 Å². The molecule has 0 radical (unpaired) electrons.